The quantitative estimate of drug-likeness (QED) is 0.566. The van der Waals surface area contributed by atoms with E-state index in [4.69, 9.17) is 9.47 Å². The van der Waals surface area contributed by atoms with Gasteiger partial charge in [0.05, 0.1) is 25.5 Å². The number of carbonyl (C=O) groups is 2. The van der Waals surface area contributed by atoms with Gasteiger partial charge < -0.3 is 14.8 Å². The highest BCUT2D eigenvalue weighted by Crippen LogP contribution is 2.40. The van der Waals surface area contributed by atoms with Crippen LogP contribution in [0.5, 0.6) is 11.5 Å². The highest BCUT2D eigenvalue weighted by atomic mass is 32.1. The molecular formula is C24H22N2O4S. The first-order chi connectivity index (χ1) is 14.9. The summed E-state index contributed by atoms with van der Waals surface area (Å²) < 4.78 is 10.7. The van der Waals surface area contributed by atoms with Crippen LogP contribution in [-0.4, -0.2) is 26.0 Å². The monoisotopic (exact) mass is 434 g/mol. The molecule has 0 saturated carbocycles. The maximum absolute atomic E-state index is 13.5. The summed E-state index contributed by atoms with van der Waals surface area (Å²) in [6.45, 7) is 3.97. The molecule has 6 nitrogen and oxygen atoms in total. The molecule has 2 heterocycles. The Morgan fingerprint density at radius 1 is 0.935 bits per heavy atom. The van der Waals surface area contributed by atoms with Crippen LogP contribution < -0.4 is 19.7 Å². The van der Waals surface area contributed by atoms with Crippen LogP contribution >= 0.6 is 11.3 Å². The first kappa shape index (κ1) is 20.7. The summed E-state index contributed by atoms with van der Waals surface area (Å²) in [4.78, 5) is 28.9. The number of hydrogen-bond donors (Lipinski definition) is 1. The van der Waals surface area contributed by atoms with Crippen molar-refractivity contribution in [3.05, 3.63) is 75.6 Å². The lowest BCUT2D eigenvalue weighted by molar-refractivity contribution is -0.120. The van der Waals surface area contributed by atoms with E-state index in [0.717, 1.165) is 26.6 Å². The van der Waals surface area contributed by atoms with Gasteiger partial charge in [0, 0.05) is 16.6 Å². The predicted molar refractivity (Wildman–Crippen MR) is 123 cm³/mol. The highest BCUT2D eigenvalue weighted by Gasteiger charge is 2.42. The molecule has 1 aliphatic heterocycles. The lowest BCUT2D eigenvalue weighted by Gasteiger charge is -2.19. The standard InChI is InChI=1S/C24H22N2O4S/c1-14-7-9-17(15(2)12-14)25-22-21(20-6-5-11-31-20)23(27)26(24(22)28)18-10-8-16(29-3)13-19(18)30-4/h5-13,25H,1-4H3. The second-order valence-corrected chi connectivity index (χ2v) is 8.10. The molecule has 0 unspecified atom stereocenters. The van der Waals surface area contributed by atoms with Crippen LogP contribution in [0.1, 0.15) is 16.0 Å². The average molecular weight is 435 g/mol. The Balaban J connectivity index is 1.82. The molecule has 0 radical (unpaired) electrons. The number of aryl methyl sites for hydroxylation is 2. The third-order valence-corrected chi connectivity index (χ3v) is 6.01. The van der Waals surface area contributed by atoms with Gasteiger partial charge in [-0.3, -0.25) is 9.59 Å². The highest BCUT2D eigenvalue weighted by molar-refractivity contribution is 7.11. The number of nitrogens with one attached hydrogen (secondary N) is 1. The second-order valence-electron chi connectivity index (χ2n) is 7.15. The number of rotatable bonds is 6. The van der Waals surface area contributed by atoms with Crippen molar-refractivity contribution >= 4 is 40.1 Å². The van der Waals surface area contributed by atoms with Crippen molar-refractivity contribution in [2.75, 3.05) is 24.4 Å². The van der Waals surface area contributed by atoms with Crippen LogP contribution in [0.4, 0.5) is 11.4 Å². The van der Waals surface area contributed by atoms with Gasteiger partial charge in [-0.15, -0.1) is 11.3 Å². The van der Waals surface area contributed by atoms with Gasteiger partial charge in [0.2, 0.25) is 0 Å². The maximum Gasteiger partial charge on any atom is 0.282 e. The van der Waals surface area contributed by atoms with Gasteiger partial charge in [0.25, 0.3) is 11.8 Å². The second kappa shape index (κ2) is 8.28. The van der Waals surface area contributed by atoms with Crippen molar-refractivity contribution in [2.45, 2.75) is 13.8 Å². The molecule has 31 heavy (non-hydrogen) atoms. The average Bonchev–Trinajstić information content (AvgIpc) is 3.36. The van der Waals surface area contributed by atoms with E-state index in [1.807, 2.05) is 49.6 Å². The number of anilines is 2. The number of carbonyl (C=O) groups excluding carboxylic acids is 2. The third-order valence-electron chi connectivity index (χ3n) is 5.12. The molecular weight excluding hydrogens is 412 g/mol. The molecule has 1 aliphatic rings. The van der Waals surface area contributed by atoms with Gasteiger partial charge in [0.15, 0.2) is 0 Å². The summed E-state index contributed by atoms with van der Waals surface area (Å²) in [7, 11) is 3.04. The molecule has 3 aromatic rings. The van der Waals surface area contributed by atoms with Crippen molar-refractivity contribution in [3.8, 4) is 11.5 Å². The maximum atomic E-state index is 13.5. The summed E-state index contributed by atoms with van der Waals surface area (Å²) in [5.74, 6) is 0.110. The van der Waals surface area contributed by atoms with Crippen molar-refractivity contribution in [2.24, 2.45) is 0 Å². The lowest BCUT2D eigenvalue weighted by Crippen LogP contribution is -2.32. The smallest absolute Gasteiger partial charge is 0.282 e. The molecule has 1 N–H and O–H groups in total. The number of benzene rings is 2. The van der Waals surface area contributed by atoms with E-state index in [9.17, 15) is 9.59 Å². The van der Waals surface area contributed by atoms with Crippen LogP contribution in [0.15, 0.2) is 59.6 Å². The first-order valence-corrected chi connectivity index (χ1v) is 10.6. The normalized spacial score (nSPS) is 13.7. The number of hydrogen-bond acceptors (Lipinski definition) is 6. The van der Waals surface area contributed by atoms with E-state index in [0.29, 0.717) is 22.8 Å². The Bertz CT molecular complexity index is 1200. The van der Waals surface area contributed by atoms with Gasteiger partial charge in [-0.05, 0) is 49.1 Å². The van der Waals surface area contributed by atoms with Crippen molar-refractivity contribution < 1.29 is 19.1 Å². The molecule has 158 valence electrons. The Kier molecular flexibility index (Phi) is 5.52. The van der Waals surface area contributed by atoms with Gasteiger partial charge in [0.1, 0.15) is 17.2 Å². The van der Waals surface area contributed by atoms with Gasteiger partial charge in [-0.1, -0.05) is 23.8 Å². The van der Waals surface area contributed by atoms with Gasteiger partial charge >= 0.3 is 0 Å². The van der Waals surface area contributed by atoms with E-state index in [-0.39, 0.29) is 5.70 Å². The number of amides is 2. The zero-order valence-corrected chi connectivity index (χ0v) is 18.5. The van der Waals surface area contributed by atoms with Crippen LogP contribution in [0.2, 0.25) is 0 Å². The Labute approximate surface area is 184 Å². The molecule has 2 aromatic carbocycles. The molecule has 0 atom stereocenters. The van der Waals surface area contributed by atoms with E-state index in [1.165, 1.54) is 18.4 Å². The topological polar surface area (TPSA) is 67.9 Å². The molecule has 0 spiro atoms. The van der Waals surface area contributed by atoms with Crippen molar-refractivity contribution in [1.29, 1.82) is 0 Å². The fraction of sp³-hybridized carbons (Fsp3) is 0.167. The molecule has 0 aliphatic carbocycles. The van der Waals surface area contributed by atoms with Crippen molar-refractivity contribution in [1.82, 2.24) is 0 Å². The summed E-state index contributed by atoms with van der Waals surface area (Å²) in [5, 5.41) is 5.10. The summed E-state index contributed by atoms with van der Waals surface area (Å²) in [5.41, 5.74) is 3.84. The van der Waals surface area contributed by atoms with E-state index < -0.39 is 11.8 Å². The molecule has 2 amide bonds. The summed E-state index contributed by atoms with van der Waals surface area (Å²) in [6, 6.07) is 14.6. The lowest BCUT2D eigenvalue weighted by atomic mass is 10.1. The Morgan fingerprint density at radius 2 is 1.74 bits per heavy atom. The van der Waals surface area contributed by atoms with E-state index in [1.54, 1.807) is 25.3 Å². The third kappa shape index (κ3) is 3.68. The van der Waals surface area contributed by atoms with Crippen LogP contribution in [0.25, 0.3) is 5.57 Å². The number of ether oxygens (including phenoxy) is 2. The summed E-state index contributed by atoms with van der Waals surface area (Å²) >= 11 is 1.41. The van der Waals surface area contributed by atoms with E-state index in [2.05, 4.69) is 5.32 Å². The van der Waals surface area contributed by atoms with Gasteiger partial charge in [-0.25, -0.2) is 4.90 Å². The minimum Gasteiger partial charge on any atom is -0.497 e. The molecule has 0 bridgehead atoms. The zero-order chi connectivity index (χ0) is 22.1. The van der Waals surface area contributed by atoms with Crippen molar-refractivity contribution in [3.63, 3.8) is 0 Å². The Morgan fingerprint density at radius 3 is 2.39 bits per heavy atom. The fourth-order valence-corrected chi connectivity index (χ4v) is 4.34. The molecule has 0 saturated heterocycles. The molecule has 0 fully saturated rings. The minimum absolute atomic E-state index is 0.247. The van der Waals surface area contributed by atoms with Crippen LogP contribution in [-0.2, 0) is 9.59 Å². The molecule has 1 aromatic heterocycles. The number of thiophene rings is 1. The van der Waals surface area contributed by atoms with E-state index >= 15 is 0 Å². The van der Waals surface area contributed by atoms with Crippen LogP contribution in [0.3, 0.4) is 0 Å². The fourth-order valence-electron chi connectivity index (χ4n) is 3.57. The number of imide groups is 1. The van der Waals surface area contributed by atoms with Gasteiger partial charge in [-0.2, -0.15) is 0 Å². The largest absolute Gasteiger partial charge is 0.497 e. The first-order valence-electron chi connectivity index (χ1n) is 9.68. The SMILES string of the molecule is COc1ccc(N2C(=O)C(Nc3ccc(C)cc3C)=C(c3cccs3)C2=O)c(OC)c1. The minimum atomic E-state index is -0.433. The Hall–Kier alpha value is -3.58. The number of nitrogens with zero attached hydrogens (tertiary/aromatic N) is 1. The van der Waals surface area contributed by atoms with Crippen LogP contribution in [0, 0.1) is 13.8 Å². The zero-order valence-electron chi connectivity index (χ0n) is 17.7. The number of methoxy groups -OCH3 is 2. The molecule has 7 heteroatoms. The predicted octanol–water partition coefficient (Wildman–Crippen LogP) is 4.78. The molecule has 4 rings (SSSR count). The summed E-state index contributed by atoms with van der Waals surface area (Å²) in [6.07, 6.45) is 0.